The number of ether oxygens (including phenoxy) is 3. The molecule has 1 aliphatic heterocycles. The Hall–Kier alpha value is -4.66. The van der Waals surface area contributed by atoms with Gasteiger partial charge in [0.2, 0.25) is 0 Å². The van der Waals surface area contributed by atoms with Gasteiger partial charge < -0.3 is 19.5 Å². The minimum absolute atomic E-state index is 0.0299. The molecule has 0 saturated carbocycles. The lowest BCUT2D eigenvalue weighted by molar-refractivity contribution is -0.385. The second-order valence-corrected chi connectivity index (χ2v) is 8.58. The fourth-order valence-corrected chi connectivity index (χ4v) is 4.64. The zero-order valence-corrected chi connectivity index (χ0v) is 21.2. The molecule has 1 N–H and O–H groups in total. The van der Waals surface area contributed by atoms with E-state index in [9.17, 15) is 38.9 Å². The van der Waals surface area contributed by atoms with Crippen molar-refractivity contribution < 1.29 is 47.9 Å². The van der Waals surface area contributed by atoms with E-state index in [1.807, 2.05) is 0 Å². The highest BCUT2D eigenvalue weighted by Gasteiger charge is 2.42. The van der Waals surface area contributed by atoms with Crippen molar-refractivity contribution in [1.82, 2.24) is 4.90 Å². The topological polar surface area (TPSA) is 189 Å². The summed E-state index contributed by atoms with van der Waals surface area (Å²) in [7, 11) is 0. The number of imide groups is 1. The molecule has 3 rings (SSSR count). The Labute approximate surface area is 218 Å². The highest BCUT2D eigenvalue weighted by atomic mass is 32.1. The van der Waals surface area contributed by atoms with Crippen LogP contribution in [0.3, 0.4) is 0 Å². The third kappa shape index (κ3) is 5.51. The zero-order chi connectivity index (χ0) is 28.1. The number of fused-ring (bicyclic) bond motifs is 1. The van der Waals surface area contributed by atoms with Gasteiger partial charge in [0.25, 0.3) is 23.4 Å². The summed E-state index contributed by atoms with van der Waals surface area (Å²) < 4.78 is 14.8. The van der Waals surface area contributed by atoms with E-state index in [2.05, 4.69) is 5.32 Å². The smallest absolute Gasteiger partial charge is 0.348 e. The fourth-order valence-electron chi connectivity index (χ4n) is 3.54. The van der Waals surface area contributed by atoms with Crippen LogP contribution in [0, 0.1) is 17.0 Å². The molecule has 0 spiro atoms. The molecule has 200 valence electrons. The molecule has 0 radical (unpaired) electrons. The van der Waals surface area contributed by atoms with Gasteiger partial charge in [0.15, 0.2) is 6.61 Å². The standard InChI is InChI=1S/C23H21N3O11S/c1-4-35-22(31)16-11(3)18(23(32)36-5-2)38-19(16)24-14(27)10-37-15(28)9-25-20(29)12-7-6-8-13(26(33)34)17(12)21(25)30/h6-8H,4-5,9-10H2,1-3H3,(H,24,27). The summed E-state index contributed by atoms with van der Waals surface area (Å²) in [4.78, 5) is 85.4. The van der Waals surface area contributed by atoms with Crippen molar-refractivity contribution in [3.63, 3.8) is 0 Å². The number of hydrogen-bond donors (Lipinski definition) is 1. The van der Waals surface area contributed by atoms with Gasteiger partial charge >= 0.3 is 17.9 Å². The molecule has 0 aliphatic carbocycles. The lowest BCUT2D eigenvalue weighted by Crippen LogP contribution is -2.36. The van der Waals surface area contributed by atoms with Crippen LogP contribution >= 0.6 is 11.3 Å². The Kier molecular flexibility index (Phi) is 8.52. The lowest BCUT2D eigenvalue weighted by atomic mass is 10.1. The lowest BCUT2D eigenvalue weighted by Gasteiger charge is -2.13. The molecule has 0 unspecified atom stereocenters. The molecule has 14 nitrogen and oxygen atoms in total. The van der Waals surface area contributed by atoms with Gasteiger partial charge in [-0.2, -0.15) is 0 Å². The third-order valence-electron chi connectivity index (χ3n) is 5.17. The van der Waals surface area contributed by atoms with Crippen LogP contribution in [0.25, 0.3) is 0 Å². The summed E-state index contributed by atoms with van der Waals surface area (Å²) in [5.41, 5.74) is -1.08. The molecule has 2 heterocycles. The minimum Gasteiger partial charge on any atom is -0.462 e. The predicted molar refractivity (Wildman–Crippen MR) is 129 cm³/mol. The monoisotopic (exact) mass is 547 g/mol. The number of anilines is 1. The van der Waals surface area contributed by atoms with Crippen molar-refractivity contribution in [2.45, 2.75) is 20.8 Å². The second-order valence-electron chi connectivity index (χ2n) is 7.56. The molecule has 0 saturated heterocycles. The van der Waals surface area contributed by atoms with Crippen molar-refractivity contribution in [2.24, 2.45) is 0 Å². The molecule has 38 heavy (non-hydrogen) atoms. The highest BCUT2D eigenvalue weighted by Crippen LogP contribution is 2.34. The molecule has 1 aromatic carbocycles. The van der Waals surface area contributed by atoms with Gasteiger partial charge in [-0.15, -0.1) is 11.3 Å². The molecule has 0 fully saturated rings. The normalized spacial score (nSPS) is 12.1. The maximum absolute atomic E-state index is 12.6. The first-order valence-electron chi connectivity index (χ1n) is 11.1. The van der Waals surface area contributed by atoms with E-state index in [4.69, 9.17) is 14.2 Å². The van der Waals surface area contributed by atoms with Crippen LogP contribution in [0.1, 0.15) is 60.2 Å². The van der Waals surface area contributed by atoms with Crippen molar-refractivity contribution in [2.75, 3.05) is 31.7 Å². The highest BCUT2D eigenvalue weighted by molar-refractivity contribution is 7.18. The summed E-state index contributed by atoms with van der Waals surface area (Å²) >= 11 is 0.774. The number of thiophene rings is 1. The van der Waals surface area contributed by atoms with Gasteiger partial charge in [-0.1, -0.05) is 6.07 Å². The number of nitrogens with zero attached hydrogens (tertiary/aromatic N) is 2. The van der Waals surface area contributed by atoms with E-state index in [0.29, 0.717) is 4.90 Å². The van der Waals surface area contributed by atoms with E-state index < -0.39 is 65.0 Å². The first kappa shape index (κ1) is 27.9. The molecule has 1 aromatic heterocycles. The maximum Gasteiger partial charge on any atom is 0.348 e. The van der Waals surface area contributed by atoms with Gasteiger partial charge in [-0.05, 0) is 32.4 Å². The van der Waals surface area contributed by atoms with Crippen LogP contribution in [0.15, 0.2) is 18.2 Å². The van der Waals surface area contributed by atoms with Crippen molar-refractivity contribution in [1.29, 1.82) is 0 Å². The SMILES string of the molecule is CCOC(=O)c1sc(NC(=O)COC(=O)CN2C(=O)c3cccc([N+](=O)[O-])c3C2=O)c(C(=O)OCC)c1C. The van der Waals surface area contributed by atoms with E-state index >= 15 is 0 Å². The Morgan fingerprint density at radius 2 is 1.68 bits per heavy atom. The first-order valence-corrected chi connectivity index (χ1v) is 11.9. The summed E-state index contributed by atoms with van der Waals surface area (Å²) in [5, 5.41) is 13.5. The molecule has 3 amide bonds. The molecular weight excluding hydrogens is 526 g/mol. The number of carbonyl (C=O) groups excluding carboxylic acids is 6. The van der Waals surface area contributed by atoms with Crippen LogP contribution < -0.4 is 5.32 Å². The van der Waals surface area contributed by atoms with Crippen molar-refractivity contribution >= 4 is 57.7 Å². The Morgan fingerprint density at radius 1 is 1.03 bits per heavy atom. The van der Waals surface area contributed by atoms with Gasteiger partial charge in [0, 0.05) is 6.07 Å². The average Bonchev–Trinajstić information content (AvgIpc) is 3.31. The van der Waals surface area contributed by atoms with Crippen LogP contribution in [0.4, 0.5) is 10.7 Å². The Bertz CT molecular complexity index is 1360. The number of amides is 3. The molecular formula is C23H21N3O11S. The van der Waals surface area contributed by atoms with E-state index in [-0.39, 0.29) is 39.8 Å². The third-order valence-corrected chi connectivity index (χ3v) is 6.35. The van der Waals surface area contributed by atoms with Gasteiger partial charge in [0.05, 0.1) is 29.3 Å². The predicted octanol–water partition coefficient (Wildman–Crippen LogP) is 2.10. The number of benzene rings is 1. The minimum atomic E-state index is -1.14. The molecule has 0 bridgehead atoms. The first-order chi connectivity index (χ1) is 18.0. The van der Waals surface area contributed by atoms with Crippen LogP contribution in [-0.2, 0) is 23.8 Å². The van der Waals surface area contributed by atoms with Crippen LogP contribution in [0.5, 0.6) is 0 Å². The van der Waals surface area contributed by atoms with Gasteiger partial charge in [-0.3, -0.25) is 34.2 Å². The molecule has 1 aliphatic rings. The summed E-state index contributed by atoms with van der Waals surface area (Å²) in [6.45, 7) is 3.03. The van der Waals surface area contributed by atoms with E-state index in [0.717, 1.165) is 17.4 Å². The largest absolute Gasteiger partial charge is 0.462 e. The van der Waals surface area contributed by atoms with E-state index in [1.165, 1.54) is 19.1 Å². The fraction of sp³-hybridized carbons (Fsp3) is 0.304. The van der Waals surface area contributed by atoms with Gasteiger partial charge in [-0.25, -0.2) is 9.59 Å². The summed E-state index contributed by atoms with van der Waals surface area (Å²) in [6.07, 6.45) is 0. The van der Waals surface area contributed by atoms with Gasteiger partial charge in [0.1, 0.15) is 22.0 Å². The van der Waals surface area contributed by atoms with E-state index in [1.54, 1.807) is 13.8 Å². The maximum atomic E-state index is 12.6. The molecule has 2 aromatic rings. The molecule has 15 heteroatoms. The van der Waals surface area contributed by atoms with Crippen molar-refractivity contribution in [3.05, 3.63) is 55.4 Å². The number of carbonyl (C=O) groups is 6. The summed E-state index contributed by atoms with van der Waals surface area (Å²) in [5.74, 6) is -5.48. The number of rotatable bonds is 10. The number of hydrogen-bond acceptors (Lipinski definition) is 12. The van der Waals surface area contributed by atoms with Crippen LogP contribution in [-0.4, -0.2) is 71.8 Å². The number of nitro benzene ring substituents is 1. The number of esters is 3. The average molecular weight is 547 g/mol. The molecule has 0 atom stereocenters. The van der Waals surface area contributed by atoms with Crippen molar-refractivity contribution in [3.8, 4) is 0 Å². The zero-order valence-electron chi connectivity index (χ0n) is 20.4. The quantitative estimate of drug-likeness (QED) is 0.151. The summed E-state index contributed by atoms with van der Waals surface area (Å²) in [6, 6.07) is 3.51. The Balaban J connectivity index is 1.68. The van der Waals surface area contributed by atoms with Crippen LogP contribution in [0.2, 0.25) is 0 Å². The Morgan fingerprint density at radius 3 is 2.32 bits per heavy atom. The number of nitro groups is 1. The number of nitrogens with one attached hydrogen (secondary N) is 1. The second kappa shape index (κ2) is 11.6.